The predicted molar refractivity (Wildman–Crippen MR) is 110 cm³/mol. The summed E-state index contributed by atoms with van der Waals surface area (Å²) in [6, 6.07) is 11.8. The first kappa shape index (κ1) is 20.6. The van der Waals surface area contributed by atoms with Crippen molar-refractivity contribution >= 4 is 23.1 Å². The van der Waals surface area contributed by atoms with Crippen molar-refractivity contribution in [3.8, 4) is 0 Å². The quantitative estimate of drug-likeness (QED) is 0.546. The SMILES string of the molecule is FC(F)(F)c1ccc2c(c1)N(CCOCCN1CCCCC1)c1ccccc1S2. The predicted octanol–water partition coefficient (Wildman–Crippen LogP) is 5.81. The maximum absolute atomic E-state index is 13.3. The fraction of sp³-hybridized carbons (Fsp3) is 0.455. The molecule has 4 rings (SSSR count). The number of fused-ring (bicyclic) bond motifs is 2. The van der Waals surface area contributed by atoms with Gasteiger partial charge >= 0.3 is 6.18 Å². The lowest BCUT2D eigenvalue weighted by molar-refractivity contribution is -0.137. The van der Waals surface area contributed by atoms with E-state index in [-0.39, 0.29) is 0 Å². The number of anilines is 2. The van der Waals surface area contributed by atoms with Gasteiger partial charge < -0.3 is 14.5 Å². The minimum Gasteiger partial charge on any atom is -0.378 e. The molecule has 0 N–H and O–H groups in total. The zero-order valence-corrected chi connectivity index (χ0v) is 17.1. The van der Waals surface area contributed by atoms with Gasteiger partial charge in [0.25, 0.3) is 0 Å². The van der Waals surface area contributed by atoms with Gasteiger partial charge in [-0.3, -0.25) is 0 Å². The van der Waals surface area contributed by atoms with Gasteiger partial charge in [0.1, 0.15) is 0 Å². The summed E-state index contributed by atoms with van der Waals surface area (Å²) in [6.45, 7) is 4.83. The van der Waals surface area contributed by atoms with Crippen LogP contribution in [-0.2, 0) is 10.9 Å². The van der Waals surface area contributed by atoms with Gasteiger partial charge in [0, 0.05) is 22.9 Å². The molecule has 1 fully saturated rings. The Balaban J connectivity index is 1.45. The molecule has 0 unspecified atom stereocenters. The zero-order valence-electron chi connectivity index (χ0n) is 16.3. The molecule has 0 radical (unpaired) electrons. The van der Waals surface area contributed by atoms with Gasteiger partial charge in [0.15, 0.2) is 0 Å². The summed E-state index contributed by atoms with van der Waals surface area (Å²) < 4.78 is 45.6. The summed E-state index contributed by atoms with van der Waals surface area (Å²) >= 11 is 1.51. The van der Waals surface area contributed by atoms with Crippen molar-refractivity contribution in [2.45, 2.75) is 35.2 Å². The molecule has 0 amide bonds. The number of hydrogen-bond donors (Lipinski definition) is 0. The fourth-order valence-electron chi connectivity index (χ4n) is 3.88. The molecule has 2 aromatic carbocycles. The Kier molecular flexibility index (Phi) is 6.37. The number of nitrogens with zero attached hydrogens (tertiary/aromatic N) is 2. The van der Waals surface area contributed by atoms with Gasteiger partial charge in [-0.05, 0) is 56.3 Å². The molecule has 2 heterocycles. The maximum Gasteiger partial charge on any atom is 0.416 e. The van der Waals surface area contributed by atoms with Crippen LogP contribution in [0.15, 0.2) is 52.3 Å². The molecule has 7 heteroatoms. The Hall–Kier alpha value is -1.70. The van der Waals surface area contributed by atoms with Crippen LogP contribution in [0.1, 0.15) is 24.8 Å². The number of rotatable bonds is 6. The summed E-state index contributed by atoms with van der Waals surface area (Å²) in [5.41, 5.74) is 0.916. The number of hydrogen-bond acceptors (Lipinski definition) is 4. The maximum atomic E-state index is 13.3. The molecule has 29 heavy (non-hydrogen) atoms. The van der Waals surface area contributed by atoms with E-state index in [0.29, 0.717) is 25.4 Å². The molecule has 1 saturated heterocycles. The molecule has 0 saturated carbocycles. The van der Waals surface area contributed by atoms with Gasteiger partial charge in [-0.2, -0.15) is 13.2 Å². The lowest BCUT2D eigenvalue weighted by Crippen LogP contribution is -2.33. The van der Waals surface area contributed by atoms with Gasteiger partial charge in [0.05, 0.1) is 30.2 Å². The highest BCUT2D eigenvalue weighted by molar-refractivity contribution is 7.99. The third kappa shape index (κ3) is 4.90. The highest BCUT2D eigenvalue weighted by Gasteiger charge is 2.33. The highest BCUT2D eigenvalue weighted by Crippen LogP contribution is 2.49. The third-order valence-electron chi connectivity index (χ3n) is 5.41. The standard InChI is InChI=1S/C22H25F3N2OS/c23-22(24,25)17-8-9-21-19(16-17)27(18-6-2-3-7-20(18)29-21)13-15-28-14-12-26-10-4-1-5-11-26/h2-3,6-9,16H,1,4-5,10-15H2. The van der Waals surface area contributed by atoms with Gasteiger partial charge in [0.2, 0.25) is 0 Å². The Morgan fingerprint density at radius 1 is 0.862 bits per heavy atom. The number of benzene rings is 2. The first-order chi connectivity index (χ1) is 14.0. The smallest absolute Gasteiger partial charge is 0.378 e. The number of halogens is 3. The van der Waals surface area contributed by atoms with Crippen LogP contribution in [0.3, 0.4) is 0 Å². The summed E-state index contributed by atoms with van der Waals surface area (Å²) in [7, 11) is 0. The van der Waals surface area contributed by atoms with E-state index in [1.54, 1.807) is 6.07 Å². The molecule has 0 aliphatic carbocycles. The first-order valence-electron chi connectivity index (χ1n) is 10.1. The molecular weight excluding hydrogens is 397 g/mol. The molecule has 2 aromatic rings. The van der Waals surface area contributed by atoms with Crippen molar-refractivity contribution in [1.29, 1.82) is 0 Å². The molecule has 2 aliphatic heterocycles. The van der Waals surface area contributed by atoms with E-state index < -0.39 is 11.7 Å². The second-order valence-electron chi connectivity index (χ2n) is 7.42. The number of likely N-dealkylation sites (tertiary alicyclic amines) is 1. The number of para-hydroxylation sites is 1. The average molecular weight is 423 g/mol. The van der Waals surface area contributed by atoms with Crippen molar-refractivity contribution in [3.63, 3.8) is 0 Å². The Morgan fingerprint density at radius 2 is 1.59 bits per heavy atom. The highest BCUT2D eigenvalue weighted by atomic mass is 32.2. The molecule has 0 atom stereocenters. The van der Waals surface area contributed by atoms with Crippen molar-refractivity contribution < 1.29 is 17.9 Å². The van der Waals surface area contributed by atoms with Gasteiger partial charge in [-0.1, -0.05) is 30.3 Å². The second-order valence-corrected chi connectivity index (χ2v) is 8.50. The van der Waals surface area contributed by atoms with Crippen LogP contribution >= 0.6 is 11.8 Å². The van der Waals surface area contributed by atoms with E-state index in [4.69, 9.17) is 4.74 Å². The van der Waals surface area contributed by atoms with Crippen LogP contribution in [0.4, 0.5) is 24.5 Å². The van der Waals surface area contributed by atoms with Crippen molar-refractivity contribution in [3.05, 3.63) is 48.0 Å². The Morgan fingerprint density at radius 3 is 2.38 bits per heavy atom. The molecular formula is C22H25F3N2OS. The van der Waals surface area contributed by atoms with E-state index in [1.807, 2.05) is 29.2 Å². The largest absolute Gasteiger partial charge is 0.416 e. The summed E-state index contributed by atoms with van der Waals surface area (Å²) in [5.74, 6) is 0. The summed E-state index contributed by atoms with van der Waals surface area (Å²) in [5, 5.41) is 0. The zero-order chi connectivity index (χ0) is 20.3. The van der Waals surface area contributed by atoms with E-state index in [1.165, 1.54) is 37.1 Å². The summed E-state index contributed by atoms with van der Waals surface area (Å²) in [6.07, 6.45) is -0.544. The van der Waals surface area contributed by atoms with Crippen molar-refractivity contribution in [2.24, 2.45) is 0 Å². The minimum absolute atomic E-state index is 0.475. The molecule has 156 valence electrons. The second kappa shape index (κ2) is 8.98. The van der Waals surface area contributed by atoms with Crippen LogP contribution in [0.25, 0.3) is 0 Å². The van der Waals surface area contributed by atoms with E-state index >= 15 is 0 Å². The summed E-state index contributed by atoms with van der Waals surface area (Å²) in [4.78, 5) is 6.26. The molecule has 2 aliphatic rings. The van der Waals surface area contributed by atoms with Crippen molar-refractivity contribution in [1.82, 2.24) is 4.90 Å². The van der Waals surface area contributed by atoms with E-state index in [9.17, 15) is 13.2 Å². The number of alkyl halides is 3. The van der Waals surface area contributed by atoms with Crippen LogP contribution in [0.5, 0.6) is 0 Å². The van der Waals surface area contributed by atoms with Crippen LogP contribution in [0.2, 0.25) is 0 Å². The van der Waals surface area contributed by atoms with Gasteiger partial charge in [-0.25, -0.2) is 0 Å². The molecule has 0 aromatic heterocycles. The van der Waals surface area contributed by atoms with Crippen LogP contribution in [-0.4, -0.2) is 44.3 Å². The molecule has 0 spiro atoms. The average Bonchev–Trinajstić information content (AvgIpc) is 2.72. The lowest BCUT2D eigenvalue weighted by atomic mass is 10.1. The van der Waals surface area contributed by atoms with Crippen LogP contribution < -0.4 is 4.90 Å². The Bertz CT molecular complexity index is 837. The topological polar surface area (TPSA) is 15.7 Å². The minimum atomic E-state index is -4.35. The van der Waals surface area contributed by atoms with E-state index in [2.05, 4.69) is 4.90 Å². The fourth-order valence-corrected chi connectivity index (χ4v) is 4.96. The molecule has 3 nitrogen and oxygen atoms in total. The first-order valence-corrected chi connectivity index (χ1v) is 10.9. The van der Waals surface area contributed by atoms with Gasteiger partial charge in [-0.15, -0.1) is 0 Å². The number of ether oxygens (including phenoxy) is 1. The Labute approximate surface area is 173 Å². The number of piperidine rings is 1. The van der Waals surface area contributed by atoms with Crippen LogP contribution in [0, 0.1) is 0 Å². The normalized spacial score (nSPS) is 17.1. The van der Waals surface area contributed by atoms with Crippen molar-refractivity contribution in [2.75, 3.05) is 44.3 Å². The lowest BCUT2D eigenvalue weighted by Gasteiger charge is -2.33. The monoisotopic (exact) mass is 422 g/mol. The molecule has 0 bridgehead atoms. The van der Waals surface area contributed by atoms with E-state index in [0.717, 1.165) is 41.2 Å². The third-order valence-corrected chi connectivity index (χ3v) is 6.54.